The fraction of sp³-hybridized carbons (Fsp3) is 0.632. The van der Waals surface area contributed by atoms with Crippen LogP contribution in [0.5, 0.6) is 0 Å². The molecule has 1 aliphatic rings. The molecule has 0 saturated carbocycles. The summed E-state index contributed by atoms with van der Waals surface area (Å²) in [5.41, 5.74) is 0.507. The topological polar surface area (TPSA) is 72.9 Å². The highest BCUT2D eigenvalue weighted by Gasteiger charge is 2.29. The average Bonchev–Trinajstić information content (AvgIpc) is 2.99. The molecule has 6 nitrogen and oxygen atoms in total. The molecule has 0 spiro atoms. The Morgan fingerprint density at radius 1 is 1.23 bits per heavy atom. The first-order valence-corrected chi connectivity index (χ1v) is 10.4. The summed E-state index contributed by atoms with van der Waals surface area (Å²) < 4.78 is 34.7. The van der Waals surface area contributed by atoms with Gasteiger partial charge in [-0.3, -0.25) is 4.18 Å². The van der Waals surface area contributed by atoms with Crippen LogP contribution in [0.15, 0.2) is 29.2 Å². The van der Waals surface area contributed by atoms with E-state index in [0.717, 1.165) is 18.4 Å². The minimum Gasteiger partial charge on any atom is -0.444 e. The molecular formula is C19H29NO5S. The smallest absolute Gasteiger partial charge is 0.410 e. The molecule has 1 atom stereocenters. The summed E-state index contributed by atoms with van der Waals surface area (Å²) in [5, 5.41) is 0. The maximum Gasteiger partial charge on any atom is 0.410 e. The van der Waals surface area contributed by atoms with Gasteiger partial charge < -0.3 is 9.64 Å². The fourth-order valence-corrected chi connectivity index (χ4v) is 3.82. The molecule has 0 N–H and O–H groups in total. The molecule has 1 fully saturated rings. The van der Waals surface area contributed by atoms with E-state index in [1.807, 2.05) is 27.7 Å². The van der Waals surface area contributed by atoms with Gasteiger partial charge in [-0.15, -0.1) is 0 Å². The first kappa shape index (κ1) is 20.7. The molecular weight excluding hydrogens is 354 g/mol. The lowest BCUT2D eigenvalue weighted by molar-refractivity contribution is 0.0287. The minimum absolute atomic E-state index is 0.152. The fourth-order valence-electron chi connectivity index (χ4n) is 2.87. The Morgan fingerprint density at radius 3 is 2.50 bits per heavy atom. The molecule has 1 heterocycles. The van der Waals surface area contributed by atoms with Gasteiger partial charge in [0.1, 0.15) is 5.60 Å². The number of hydrogen-bond acceptors (Lipinski definition) is 5. The van der Waals surface area contributed by atoms with Crippen LogP contribution in [0, 0.1) is 12.8 Å². The molecule has 1 saturated heterocycles. The van der Waals surface area contributed by atoms with Gasteiger partial charge in [0.2, 0.25) is 0 Å². The zero-order chi connectivity index (χ0) is 19.4. The van der Waals surface area contributed by atoms with Gasteiger partial charge in [0, 0.05) is 13.1 Å². The van der Waals surface area contributed by atoms with Crippen LogP contribution in [0.1, 0.15) is 45.6 Å². The monoisotopic (exact) mass is 383 g/mol. The van der Waals surface area contributed by atoms with E-state index in [-0.39, 0.29) is 17.6 Å². The minimum atomic E-state index is -3.70. The van der Waals surface area contributed by atoms with E-state index in [2.05, 4.69) is 0 Å². The number of aryl methyl sites for hydroxylation is 1. The summed E-state index contributed by atoms with van der Waals surface area (Å²) in [6, 6.07) is 6.61. The van der Waals surface area contributed by atoms with Gasteiger partial charge in [-0.1, -0.05) is 17.7 Å². The average molecular weight is 384 g/mol. The predicted octanol–water partition coefficient (Wildman–Crippen LogP) is 3.74. The summed E-state index contributed by atoms with van der Waals surface area (Å²) in [6.45, 7) is 8.94. The van der Waals surface area contributed by atoms with Gasteiger partial charge in [-0.25, -0.2) is 4.79 Å². The molecule has 0 unspecified atom stereocenters. The number of likely N-dealkylation sites (tertiary alicyclic amines) is 1. The first-order valence-electron chi connectivity index (χ1n) is 9.01. The number of hydrogen-bond donors (Lipinski definition) is 0. The van der Waals surface area contributed by atoms with Gasteiger partial charge in [0.05, 0.1) is 11.5 Å². The Morgan fingerprint density at radius 2 is 1.88 bits per heavy atom. The van der Waals surface area contributed by atoms with E-state index >= 15 is 0 Å². The van der Waals surface area contributed by atoms with E-state index in [4.69, 9.17) is 8.92 Å². The van der Waals surface area contributed by atoms with Crippen molar-refractivity contribution in [1.29, 1.82) is 0 Å². The maximum atomic E-state index is 12.1. The molecule has 0 aliphatic carbocycles. The highest BCUT2D eigenvalue weighted by atomic mass is 32.2. The van der Waals surface area contributed by atoms with Crippen molar-refractivity contribution in [2.75, 3.05) is 19.7 Å². The van der Waals surface area contributed by atoms with Crippen LogP contribution in [-0.2, 0) is 19.0 Å². The van der Waals surface area contributed by atoms with Crippen molar-refractivity contribution in [3.05, 3.63) is 29.8 Å². The van der Waals surface area contributed by atoms with Crippen molar-refractivity contribution >= 4 is 16.2 Å². The summed E-state index contributed by atoms with van der Waals surface area (Å²) in [5.74, 6) is 0.355. The second kappa shape index (κ2) is 8.39. The van der Waals surface area contributed by atoms with Gasteiger partial charge in [-0.05, 0) is 65.0 Å². The van der Waals surface area contributed by atoms with E-state index in [1.165, 1.54) is 0 Å². The van der Waals surface area contributed by atoms with Crippen molar-refractivity contribution in [3.8, 4) is 0 Å². The number of amides is 1. The lowest BCUT2D eigenvalue weighted by atomic mass is 10.0. The van der Waals surface area contributed by atoms with E-state index in [0.29, 0.717) is 25.4 Å². The highest BCUT2D eigenvalue weighted by Crippen LogP contribution is 2.23. The van der Waals surface area contributed by atoms with E-state index in [9.17, 15) is 13.2 Å². The Bertz CT molecular complexity index is 706. The highest BCUT2D eigenvalue weighted by molar-refractivity contribution is 7.86. The van der Waals surface area contributed by atoms with Crippen LogP contribution in [0.3, 0.4) is 0 Å². The summed E-state index contributed by atoms with van der Waals surface area (Å²) in [6.07, 6.45) is 2.09. The lowest BCUT2D eigenvalue weighted by Gasteiger charge is -2.24. The third kappa shape index (κ3) is 6.29. The molecule has 7 heteroatoms. The molecule has 1 aliphatic heterocycles. The van der Waals surface area contributed by atoms with Crippen molar-refractivity contribution in [2.45, 2.75) is 57.5 Å². The lowest BCUT2D eigenvalue weighted by Crippen LogP contribution is -2.35. The molecule has 26 heavy (non-hydrogen) atoms. The van der Waals surface area contributed by atoms with Crippen LogP contribution in [0.2, 0.25) is 0 Å². The molecule has 2 rings (SSSR count). The Balaban J connectivity index is 1.72. The zero-order valence-corrected chi connectivity index (χ0v) is 16.8. The molecule has 0 radical (unpaired) electrons. The zero-order valence-electron chi connectivity index (χ0n) is 16.0. The van der Waals surface area contributed by atoms with Gasteiger partial charge in [0.25, 0.3) is 10.1 Å². The van der Waals surface area contributed by atoms with Crippen molar-refractivity contribution in [1.82, 2.24) is 4.90 Å². The standard InChI is InChI=1S/C19H29NO5S/c1-15-7-9-17(10-8-15)26(22,23)24-13-5-6-16-11-12-20(14-16)18(21)25-19(2,3)4/h7-10,16H,5-6,11-14H2,1-4H3/t16-/m0/s1. The second-order valence-corrected chi connectivity index (χ2v) is 9.43. The Kier molecular flexibility index (Phi) is 6.69. The van der Waals surface area contributed by atoms with Gasteiger partial charge >= 0.3 is 6.09 Å². The van der Waals surface area contributed by atoms with Gasteiger partial charge in [0.15, 0.2) is 0 Å². The van der Waals surface area contributed by atoms with Crippen LogP contribution in [0.25, 0.3) is 0 Å². The maximum absolute atomic E-state index is 12.1. The van der Waals surface area contributed by atoms with Crippen LogP contribution in [0.4, 0.5) is 4.79 Å². The molecule has 0 aromatic heterocycles. The largest absolute Gasteiger partial charge is 0.444 e. The number of ether oxygens (including phenoxy) is 1. The molecule has 0 bridgehead atoms. The number of rotatable bonds is 6. The summed E-state index contributed by atoms with van der Waals surface area (Å²) >= 11 is 0. The summed E-state index contributed by atoms with van der Waals surface area (Å²) in [4.78, 5) is 14.0. The number of benzene rings is 1. The number of nitrogens with zero attached hydrogens (tertiary/aromatic N) is 1. The quantitative estimate of drug-likeness (QED) is 0.553. The van der Waals surface area contributed by atoms with Crippen molar-refractivity contribution < 1.29 is 22.1 Å². The van der Waals surface area contributed by atoms with Crippen LogP contribution >= 0.6 is 0 Å². The van der Waals surface area contributed by atoms with E-state index in [1.54, 1.807) is 29.2 Å². The first-order chi connectivity index (χ1) is 12.1. The van der Waals surface area contributed by atoms with E-state index < -0.39 is 15.7 Å². The Hall–Kier alpha value is -1.60. The molecule has 1 aromatic rings. The van der Waals surface area contributed by atoms with Crippen molar-refractivity contribution in [2.24, 2.45) is 5.92 Å². The van der Waals surface area contributed by atoms with Crippen LogP contribution in [-0.4, -0.2) is 44.7 Å². The van der Waals surface area contributed by atoms with Gasteiger partial charge in [-0.2, -0.15) is 8.42 Å². The third-order valence-corrected chi connectivity index (χ3v) is 5.57. The SMILES string of the molecule is Cc1ccc(S(=O)(=O)OCCC[C@H]2CCN(C(=O)OC(C)(C)C)C2)cc1. The van der Waals surface area contributed by atoms with Crippen molar-refractivity contribution in [3.63, 3.8) is 0 Å². The van der Waals surface area contributed by atoms with Crippen LogP contribution < -0.4 is 0 Å². The normalized spacial score (nSPS) is 18.2. The number of carbonyl (C=O) groups is 1. The second-order valence-electron chi connectivity index (χ2n) is 7.81. The third-order valence-electron chi connectivity index (χ3n) is 4.24. The molecule has 146 valence electrons. The summed E-state index contributed by atoms with van der Waals surface area (Å²) in [7, 11) is -3.70. The molecule has 1 amide bonds. The predicted molar refractivity (Wildman–Crippen MR) is 99.5 cm³/mol. The molecule has 1 aromatic carbocycles. The Labute approximate surface area is 156 Å². The number of carbonyl (C=O) groups excluding carboxylic acids is 1.